The monoisotopic (exact) mass is 198 g/mol. The molecule has 0 fully saturated rings. The zero-order valence-corrected chi connectivity index (χ0v) is 9.31. The normalized spacial score (nSPS) is 10.7. The molecule has 0 radical (unpaired) electrons. The largest absolute Gasteiger partial charge is 0.353 e. The highest BCUT2D eigenvalue weighted by molar-refractivity contribution is 5.87. The van der Waals surface area contributed by atoms with Crippen LogP contribution in [0.15, 0.2) is 12.2 Å². The van der Waals surface area contributed by atoms with Crippen molar-refractivity contribution in [2.75, 3.05) is 19.6 Å². The molecule has 82 valence electrons. The standard InChI is InChI=1S/C11H22N2O/c1-3-5-8-12-9-6-10-13-11(14)7-4-2/h4,7,12H,3,5-6,8-10H2,1-2H3,(H,13,14). The van der Waals surface area contributed by atoms with Gasteiger partial charge in [0.05, 0.1) is 0 Å². The van der Waals surface area contributed by atoms with Crippen LogP contribution >= 0.6 is 0 Å². The second kappa shape index (κ2) is 10.3. The number of nitrogens with one attached hydrogen (secondary N) is 2. The van der Waals surface area contributed by atoms with E-state index in [1.807, 2.05) is 6.92 Å². The van der Waals surface area contributed by atoms with Crippen LogP contribution in [0, 0.1) is 0 Å². The molecule has 3 nitrogen and oxygen atoms in total. The Morgan fingerprint density at radius 2 is 1.93 bits per heavy atom. The third-order valence-corrected chi connectivity index (χ3v) is 1.85. The third-order valence-electron chi connectivity index (χ3n) is 1.85. The SMILES string of the molecule is CC=CC(=O)NCCCNCCCC. The van der Waals surface area contributed by atoms with Gasteiger partial charge in [-0.15, -0.1) is 0 Å². The Kier molecular flexibility index (Phi) is 9.64. The highest BCUT2D eigenvalue weighted by atomic mass is 16.1. The minimum atomic E-state index is 0.000980. The molecule has 0 unspecified atom stereocenters. The van der Waals surface area contributed by atoms with Gasteiger partial charge in [-0.25, -0.2) is 0 Å². The van der Waals surface area contributed by atoms with Crippen LogP contribution in [0.2, 0.25) is 0 Å². The molecule has 3 heteroatoms. The second-order valence-electron chi connectivity index (χ2n) is 3.25. The predicted octanol–water partition coefficient (Wildman–Crippen LogP) is 1.46. The van der Waals surface area contributed by atoms with Crippen LogP contribution in [0.5, 0.6) is 0 Å². The number of hydrogen-bond donors (Lipinski definition) is 2. The van der Waals surface area contributed by atoms with Crippen molar-refractivity contribution in [3.8, 4) is 0 Å². The van der Waals surface area contributed by atoms with Gasteiger partial charge in [0.1, 0.15) is 0 Å². The van der Waals surface area contributed by atoms with Crippen LogP contribution in [0.4, 0.5) is 0 Å². The number of unbranched alkanes of at least 4 members (excludes halogenated alkanes) is 1. The summed E-state index contributed by atoms with van der Waals surface area (Å²) in [5.41, 5.74) is 0. The van der Waals surface area contributed by atoms with Gasteiger partial charge in [-0.3, -0.25) is 4.79 Å². The van der Waals surface area contributed by atoms with Crippen molar-refractivity contribution in [1.82, 2.24) is 10.6 Å². The Morgan fingerprint density at radius 3 is 2.57 bits per heavy atom. The van der Waals surface area contributed by atoms with Crippen LogP contribution in [0.25, 0.3) is 0 Å². The van der Waals surface area contributed by atoms with Crippen LogP contribution in [0.3, 0.4) is 0 Å². The lowest BCUT2D eigenvalue weighted by molar-refractivity contribution is -0.116. The van der Waals surface area contributed by atoms with Crippen molar-refractivity contribution in [2.45, 2.75) is 33.1 Å². The summed E-state index contributed by atoms with van der Waals surface area (Å²) in [6, 6.07) is 0. The van der Waals surface area contributed by atoms with E-state index in [4.69, 9.17) is 0 Å². The van der Waals surface area contributed by atoms with Gasteiger partial charge in [-0.05, 0) is 38.9 Å². The molecule has 0 aromatic heterocycles. The van der Waals surface area contributed by atoms with Gasteiger partial charge < -0.3 is 10.6 Å². The van der Waals surface area contributed by atoms with E-state index in [1.54, 1.807) is 12.2 Å². The number of carbonyl (C=O) groups excluding carboxylic acids is 1. The summed E-state index contributed by atoms with van der Waals surface area (Å²) in [6.45, 7) is 6.84. The number of allylic oxidation sites excluding steroid dienone is 1. The fraction of sp³-hybridized carbons (Fsp3) is 0.727. The number of rotatable bonds is 8. The van der Waals surface area contributed by atoms with Crippen molar-refractivity contribution < 1.29 is 4.79 Å². The van der Waals surface area contributed by atoms with Gasteiger partial charge in [0.15, 0.2) is 0 Å². The predicted molar refractivity (Wildman–Crippen MR) is 60.2 cm³/mol. The van der Waals surface area contributed by atoms with Crippen molar-refractivity contribution in [2.24, 2.45) is 0 Å². The molecule has 0 heterocycles. The summed E-state index contributed by atoms with van der Waals surface area (Å²) in [7, 11) is 0. The minimum Gasteiger partial charge on any atom is -0.353 e. The number of hydrogen-bond acceptors (Lipinski definition) is 2. The number of carbonyl (C=O) groups is 1. The molecule has 0 saturated carbocycles. The van der Waals surface area contributed by atoms with Gasteiger partial charge in [-0.2, -0.15) is 0 Å². The van der Waals surface area contributed by atoms with Gasteiger partial charge in [0, 0.05) is 6.54 Å². The van der Waals surface area contributed by atoms with E-state index in [2.05, 4.69) is 17.6 Å². The minimum absolute atomic E-state index is 0.000980. The quantitative estimate of drug-likeness (QED) is 0.458. The molecular formula is C11H22N2O. The molecule has 2 N–H and O–H groups in total. The lowest BCUT2D eigenvalue weighted by Gasteiger charge is -2.04. The first-order chi connectivity index (χ1) is 6.81. The summed E-state index contributed by atoms with van der Waals surface area (Å²) in [5.74, 6) is 0.000980. The fourth-order valence-corrected chi connectivity index (χ4v) is 1.06. The molecule has 1 amide bonds. The maximum absolute atomic E-state index is 11.0. The van der Waals surface area contributed by atoms with Crippen LogP contribution in [-0.2, 0) is 4.79 Å². The van der Waals surface area contributed by atoms with E-state index >= 15 is 0 Å². The van der Waals surface area contributed by atoms with Crippen LogP contribution in [0.1, 0.15) is 33.1 Å². The van der Waals surface area contributed by atoms with E-state index < -0.39 is 0 Å². The molecule has 0 aromatic carbocycles. The maximum Gasteiger partial charge on any atom is 0.243 e. The lowest BCUT2D eigenvalue weighted by atomic mass is 10.3. The van der Waals surface area contributed by atoms with E-state index in [1.165, 1.54) is 12.8 Å². The molecule has 0 spiro atoms. The average molecular weight is 198 g/mol. The molecule has 0 aliphatic rings. The highest BCUT2D eigenvalue weighted by Gasteiger charge is 1.92. The summed E-state index contributed by atoms with van der Waals surface area (Å²) >= 11 is 0. The first kappa shape index (κ1) is 13.2. The summed E-state index contributed by atoms with van der Waals surface area (Å²) < 4.78 is 0. The molecule has 0 aliphatic heterocycles. The molecule has 14 heavy (non-hydrogen) atoms. The van der Waals surface area contributed by atoms with Gasteiger partial charge in [0.25, 0.3) is 0 Å². The van der Waals surface area contributed by atoms with Crippen molar-refractivity contribution in [1.29, 1.82) is 0 Å². The van der Waals surface area contributed by atoms with Gasteiger partial charge in [0.2, 0.25) is 5.91 Å². The second-order valence-corrected chi connectivity index (χ2v) is 3.25. The van der Waals surface area contributed by atoms with E-state index in [-0.39, 0.29) is 5.91 Å². The number of amides is 1. The van der Waals surface area contributed by atoms with Gasteiger partial charge >= 0.3 is 0 Å². The Bertz CT molecular complexity index is 167. The average Bonchev–Trinajstić information content (AvgIpc) is 2.17. The highest BCUT2D eigenvalue weighted by Crippen LogP contribution is 1.82. The topological polar surface area (TPSA) is 41.1 Å². The van der Waals surface area contributed by atoms with E-state index in [0.717, 1.165) is 26.1 Å². The Balaban J connectivity index is 3.09. The van der Waals surface area contributed by atoms with Crippen molar-refractivity contribution in [3.63, 3.8) is 0 Å². The zero-order chi connectivity index (χ0) is 10.6. The molecule has 0 saturated heterocycles. The smallest absolute Gasteiger partial charge is 0.243 e. The molecular weight excluding hydrogens is 176 g/mol. The maximum atomic E-state index is 11.0. The third kappa shape index (κ3) is 9.26. The molecule has 0 aromatic rings. The molecule has 0 aliphatic carbocycles. The van der Waals surface area contributed by atoms with Crippen molar-refractivity contribution >= 4 is 5.91 Å². The van der Waals surface area contributed by atoms with E-state index in [9.17, 15) is 4.79 Å². The lowest BCUT2D eigenvalue weighted by Crippen LogP contribution is -2.26. The first-order valence-corrected chi connectivity index (χ1v) is 5.42. The van der Waals surface area contributed by atoms with Gasteiger partial charge in [-0.1, -0.05) is 19.4 Å². The van der Waals surface area contributed by atoms with Crippen molar-refractivity contribution in [3.05, 3.63) is 12.2 Å². The summed E-state index contributed by atoms with van der Waals surface area (Å²) in [4.78, 5) is 11.0. The Hall–Kier alpha value is -0.830. The molecule has 0 rings (SSSR count). The Morgan fingerprint density at radius 1 is 1.21 bits per heavy atom. The summed E-state index contributed by atoms with van der Waals surface area (Å²) in [6.07, 6.45) is 6.74. The summed E-state index contributed by atoms with van der Waals surface area (Å²) in [5, 5.41) is 6.13. The zero-order valence-electron chi connectivity index (χ0n) is 9.31. The Labute approximate surface area is 87.0 Å². The van der Waals surface area contributed by atoms with Crippen LogP contribution in [-0.4, -0.2) is 25.5 Å². The fourth-order valence-electron chi connectivity index (χ4n) is 1.06. The van der Waals surface area contributed by atoms with Crippen LogP contribution < -0.4 is 10.6 Å². The molecule has 0 bridgehead atoms. The molecule has 0 atom stereocenters. The van der Waals surface area contributed by atoms with E-state index in [0.29, 0.717) is 0 Å². The first-order valence-electron chi connectivity index (χ1n) is 5.42.